The van der Waals surface area contributed by atoms with Crippen molar-refractivity contribution in [3.8, 4) is 11.1 Å². The average Bonchev–Trinajstić information content (AvgIpc) is 2.80. The SMILES string of the molecule is CC(=O)C(CC(C)C)c1cc(/C=C\c2ccc(C(F)(F)F)cc2)cc(-c2ccc(C(F)(F)F)cc2)c1. The lowest BCUT2D eigenvalue weighted by Gasteiger charge is -2.19. The molecule has 3 aromatic carbocycles. The second-order valence-corrected chi connectivity index (χ2v) is 9.21. The van der Waals surface area contributed by atoms with Gasteiger partial charge in [0.1, 0.15) is 5.78 Å². The quantitative estimate of drug-likeness (QED) is 0.231. The van der Waals surface area contributed by atoms with E-state index in [9.17, 15) is 31.1 Å². The van der Waals surface area contributed by atoms with Gasteiger partial charge >= 0.3 is 12.4 Å². The molecule has 1 atom stereocenters. The third-order valence-electron chi connectivity index (χ3n) is 5.83. The van der Waals surface area contributed by atoms with Crippen LogP contribution in [0.2, 0.25) is 0 Å². The van der Waals surface area contributed by atoms with Crippen molar-refractivity contribution >= 4 is 17.9 Å². The molecule has 3 aromatic rings. The Kier molecular flexibility index (Phi) is 8.12. The molecule has 0 N–H and O–H groups in total. The van der Waals surface area contributed by atoms with Crippen LogP contribution in [-0.2, 0) is 17.1 Å². The topological polar surface area (TPSA) is 17.1 Å². The van der Waals surface area contributed by atoms with E-state index in [1.54, 1.807) is 18.2 Å². The van der Waals surface area contributed by atoms with E-state index >= 15 is 0 Å². The number of benzene rings is 3. The van der Waals surface area contributed by atoms with E-state index in [1.165, 1.54) is 31.2 Å². The minimum atomic E-state index is -4.45. The number of carbonyl (C=O) groups is 1. The predicted octanol–water partition coefficient (Wildman–Crippen LogP) is 9.28. The minimum absolute atomic E-state index is 0.0223. The van der Waals surface area contributed by atoms with E-state index in [1.807, 2.05) is 26.0 Å². The van der Waals surface area contributed by atoms with Crippen molar-refractivity contribution in [2.75, 3.05) is 0 Å². The Labute approximate surface area is 206 Å². The van der Waals surface area contributed by atoms with E-state index in [4.69, 9.17) is 0 Å². The Bertz CT molecular complexity index is 1220. The van der Waals surface area contributed by atoms with Gasteiger partial charge in [0.05, 0.1) is 11.1 Å². The number of carbonyl (C=O) groups excluding carboxylic acids is 1. The Morgan fingerprint density at radius 2 is 1.22 bits per heavy atom. The first-order chi connectivity index (χ1) is 16.7. The number of ketones is 1. The van der Waals surface area contributed by atoms with Gasteiger partial charge in [-0.05, 0) is 77.4 Å². The van der Waals surface area contributed by atoms with Crippen LogP contribution in [0, 0.1) is 5.92 Å². The molecule has 0 aliphatic carbocycles. The summed E-state index contributed by atoms with van der Waals surface area (Å²) in [6, 6.07) is 14.9. The largest absolute Gasteiger partial charge is 0.416 e. The first-order valence-corrected chi connectivity index (χ1v) is 11.4. The smallest absolute Gasteiger partial charge is 0.299 e. The van der Waals surface area contributed by atoms with Crippen molar-refractivity contribution in [1.29, 1.82) is 0 Å². The summed E-state index contributed by atoms with van der Waals surface area (Å²) in [6.45, 7) is 5.51. The van der Waals surface area contributed by atoms with Gasteiger partial charge in [-0.1, -0.05) is 62.4 Å². The van der Waals surface area contributed by atoms with Crippen LogP contribution in [0.5, 0.6) is 0 Å². The van der Waals surface area contributed by atoms with Gasteiger partial charge in [-0.2, -0.15) is 26.3 Å². The summed E-state index contributed by atoms with van der Waals surface area (Å²) in [5, 5.41) is 0. The van der Waals surface area contributed by atoms with Gasteiger partial charge < -0.3 is 0 Å². The second-order valence-electron chi connectivity index (χ2n) is 9.21. The summed E-state index contributed by atoms with van der Waals surface area (Å²) in [6.07, 6.45) is -4.90. The third-order valence-corrected chi connectivity index (χ3v) is 5.83. The highest BCUT2D eigenvalue weighted by Gasteiger charge is 2.30. The first kappa shape index (κ1) is 27.2. The van der Waals surface area contributed by atoms with E-state index < -0.39 is 29.4 Å². The number of hydrogen-bond donors (Lipinski definition) is 0. The van der Waals surface area contributed by atoms with Gasteiger partial charge in [-0.3, -0.25) is 4.79 Å². The number of halogens is 6. The number of rotatable bonds is 7. The standard InChI is InChI=1S/C29H26F6O/c1-18(2)14-27(19(3)36)24-16-21(5-4-20-6-10-25(11-7-20)28(30,31)32)15-23(17-24)22-8-12-26(13-9-22)29(33,34)35/h4-13,15-18,27H,14H2,1-3H3/b5-4-. The molecule has 0 bridgehead atoms. The van der Waals surface area contributed by atoms with Gasteiger partial charge in [-0.25, -0.2) is 0 Å². The molecular weight excluding hydrogens is 478 g/mol. The van der Waals surface area contributed by atoms with E-state index in [0.29, 0.717) is 28.7 Å². The highest BCUT2D eigenvalue weighted by Crippen LogP contribution is 2.34. The zero-order valence-electron chi connectivity index (χ0n) is 20.0. The molecule has 0 saturated heterocycles. The van der Waals surface area contributed by atoms with Gasteiger partial charge in [0.2, 0.25) is 0 Å². The Morgan fingerprint density at radius 3 is 1.69 bits per heavy atom. The summed E-state index contributed by atoms with van der Waals surface area (Å²) in [4.78, 5) is 12.5. The lowest BCUT2D eigenvalue weighted by molar-refractivity contribution is -0.138. The first-order valence-electron chi connectivity index (χ1n) is 11.4. The molecule has 0 aliphatic heterocycles. The lowest BCUT2D eigenvalue weighted by Crippen LogP contribution is -2.12. The van der Waals surface area contributed by atoms with E-state index in [2.05, 4.69) is 0 Å². The number of Topliss-reactive ketones (excluding diaryl/α,β-unsaturated/α-hetero) is 1. The normalized spacial score (nSPS) is 13.4. The maximum absolute atomic E-state index is 13.0. The maximum Gasteiger partial charge on any atom is 0.416 e. The molecule has 0 saturated carbocycles. The summed E-state index contributed by atoms with van der Waals surface area (Å²) in [5.74, 6) is -0.177. The van der Waals surface area contributed by atoms with Crippen LogP contribution in [0.3, 0.4) is 0 Å². The fourth-order valence-electron chi connectivity index (χ4n) is 3.98. The van der Waals surface area contributed by atoms with Crippen molar-refractivity contribution in [3.63, 3.8) is 0 Å². The van der Waals surface area contributed by atoms with Gasteiger partial charge in [-0.15, -0.1) is 0 Å². The minimum Gasteiger partial charge on any atom is -0.299 e. The molecule has 7 heteroatoms. The third kappa shape index (κ3) is 7.09. The van der Waals surface area contributed by atoms with Crippen LogP contribution < -0.4 is 0 Å². The summed E-state index contributed by atoms with van der Waals surface area (Å²) >= 11 is 0. The van der Waals surface area contributed by atoms with Crippen LogP contribution in [0.15, 0.2) is 66.7 Å². The van der Waals surface area contributed by atoms with E-state index in [0.717, 1.165) is 29.8 Å². The molecule has 0 aromatic heterocycles. The lowest BCUT2D eigenvalue weighted by atomic mass is 9.85. The molecule has 0 fully saturated rings. The van der Waals surface area contributed by atoms with Crippen LogP contribution in [0.25, 0.3) is 23.3 Å². The zero-order valence-corrected chi connectivity index (χ0v) is 20.0. The molecular formula is C29H26F6O. The van der Waals surface area contributed by atoms with E-state index in [-0.39, 0.29) is 11.7 Å². The second kappa shape index (κ2) is 10.7. The van der Waals surface area contributed by atoms with Gasteiger partial charge in [0, 0.05) is 5.92 Å². The molecule has 190 valence electrons. The molecule has 0 spiro atoms. The molecule has 3 rings (SSSR count). The fourth-order valence-corrected chi connectivity index (χ4v) is 3.98. The van der Waals surface area contributed by atoms with Crippen molar-refractivity contribution in [3.05, 3.63) is 94.5 Å². The predicted molar refractivity (Wildman–Crippen MR) is 130 cm³/mol. The summed E-state index contributed by atoms with van der Waals surface area (Å²) < 4.78 is 77.5. The van der Waals surface area contributed by atoms with Gasteiger partial charge in [0.25, 0.3) is 0 Å². The molecule has 0 radical (unpaired) electrons. The Morgan fingerprint density at radius 1 is 0.722 bits per heavy atom. The molecule has 0 heterocycles. The highest BCUT2D eigenvalue weighted by atomic mass is 19.4. The van der Waals surface area contributed by atoms with Crippen LogP contribution in [0.1, 0.15) is 60.9 Å². The van der Waals surface area contributed by atoms with Gasteiger partial charge in [0.15, 0.2) is 0 Å². The van der Waals surface area contributed by atoms with Crippen molar-refractivity contribution < 1.29 is 31.1 Å². The average molecular weight is 505 g/mol. The van der Waals surface area contributed by atoms with Crippen molar-refractivity contribution in [2.24, 2.45) is 5.92 Å². The molecule has 0 amide bonds. The van der Waals surface area contributed by atoms with Crippen molar-refractivity contribution in [2.45, 2.75) is 45.5 Å². The molecule has 36 heavy (non-hydrogen) atoms. The molecule has 1 unspecified atom stereocenters. The summed E-state index contributed by atoms with van der Waals surface area (Å²) in [7, 11) is 0. The molecule has 1 nitrogen and oxygen atoms in total. The van der Waals surface area contributed by atoms with Crippen molar-refractivity contribution in [1.82, 2.24) is 0 Å². The van der Waals surface area contributed by atoms with Crippen LogP contribution in [0.4, 0.5) is 26.3 Å². The van der Waals surface area contributed by atoms with Crippen LogP contribution >= 0.6 is 0 Å². The summed E-state index contributed by atoms with van der Waals surface area (Å²) in [5.41, 5.74) is 1.66. The Hall–Kier alpha value is -3.35. The zero-order chi connectivity index (χ0) is 26.7. The maximum atomic E-state index is 13.0. The monoisotopic (exact) mass is 504 g/mol. The highest BCUT2D eigenvalue weighted by molar-refractivity contribution is 5.85. The number of alkyl halides is 6. The van der Waals surface area contributed by atoms with Crippen LogP contribution in [-0.4, -0.2) is 5.78 Å². The Balaban J connectivity index is 2.04. The fraction of sp³-hybridized carbons (Fsp3) is 0.276. The number of hydrogen-bond acceptors (Lipinski definition) is 1. The molecule has 0 aliphatic rings.